The maximum absolute atomic E-state index is 13.4. The molecule has 2 spiro atoms. The lowest BCUT2D eigenvalue weighted by Gasteiger charge is -2.64. The average molecular weight is 744 g/mol. The molecule has 0 aromatic rings. The predicted molar refractivity (Wildman–Crippen MR) is 197 cm³/mol. The highest BCUT2D eigenvalue weighted by atomic mass is 16.7. The summed E-state index contributed by atoms with van der Waals surface area (Å²) in [7, 11) is 0. The molecular formula is C43H69NO9. The van der Waals surface area contributed by atoms with Gasteiger partial charge in [-0.1, -0.05) is 34.6 Å². The Bertz CT molecular complexity index is 1410. The molecule has 10 nitrogen and oxygen atoms in total. The molecule has 10 heteroatoms. The van der Waals surface area contributed by atoms with E-state index in [1.54, 1.807) is 13.8 Å². The van der Waals surface area contributed by atoms with Crippen molar-refractivity contribution in [2.75, 3.05) is 46.1 Å². The van der Waals surface area contributed by atoms with Crippen LogP contribution in [-0.4, -0.2) is 116 Å². The van der Waals surface area contributed by atoms with Crippen molar-refractivity contribution in [1.29, 1.82) is 0 Å². The molecule has 2 N–H and O–H groups in total. The third-order valence-electron chi connectivity index (χ3n) is 18.1. The molecule has 0 amide bonds. The van der Waals surface area contributed by atoms with Crippen LogP contribution < -0.4 is 0 Å². The van der Waals surface area contributed by atoms with Gasteiger partial charge in [-0.3, -0.25) is 9.69 Å². The Labute approximate surface area is 317 Å². The Balaban J connectivity index is 0.933. The van der Waals surface area contributed by atoms with E-state index in [4.69, 9.17) is 28.4 Å². The Morgan fingerprint density at radius 3 is 2.34 bits per heavy atom. The van der Waals surface area contributed by atoms with Gasteiger partial charge in [0.2, 0.25) is 0 Å². The van der Waals surface area contributed by atoms with Crippen molar-refractivity contribution in [3.05, 3.63) is 0 Å². The second-order valence-electron chi connectivity index (χ2n) is 21.1. The van der Waals surface area contributed by atoms with Crippen molar-refractivity contribution in [3.8, 4) is 0 Å². The SMILES string of the molecule is C[C@@H]1CC([C@H](OC(=O)C2CCOCC2)C(C)(C)O)OC2[C@H]1[C@@]1(C)CC[C@@]34C[C@@]35CC[C@H](O[C@H]3CN(C6COC6)CCO3)C(C)(C)[C@@H]5CCC4[C@]1(C)[C@H]2O. The minimum absolute atomic E-state index is 0.0426. The van der Waals surface area contributed by atoms with Gasteiger partial charge >= 0.3 is 5.97 Å². The minimum atomic E-state index is -1.28. The number of fused-ring (bicyclic) bond motifs is 4. The van der Waals surface area contributed by atoms with E-state index in [1.807, 2.05) is 0 Å². The lowest BCUT2D eigenvalue weighted by Crippen LogP contribution is -2.60. The molecule has 9 fully saturated rings. The molecule has 4 heterocycles. The van der Waals surface area contributed by atoms with Crippen molar-refractivity contribution in [1.82, 2.24) is 4.90 Å². The van der Waals surface area contributed by atoms with Crippen molar-refractivity contribution >= 4 is 5.97 Å². The van der Waals surface area contributed by atoms with Crippen LogP contribution in [0.25, 0.3) is 0 Å². The maximum Gasteiger partial charge on any atom is 0.309 e. The van der Waals surface area contributed by atoms with E-state index in [0.29, 0.717) is 55.8 Å². The van der Waals surface area contributed by atoms with Gasteiger partial charge in [0, 0.05) is 25.2 Å². The predicted octanol–water partition coefficient (Wildman–Crippen LogP) is 5.35. The van der Waals surface area contributed by atoms with Gasteiger partial charge in [0.15, 0.2) is 12.4 Å². The number of carbonyl (C=O) groups is 1. The van der Waals surface area contributed by atoms with Crippen LogP contribution in [0.2, 0.25) is 0 Å². The van der Waals surface area contributed by atoms with Gasteiger partial charge in [-0.25, -0.2) is 0 Å². The van der Waals surface area contributed by atoms with E-state index >= 15 is 0 Å². The summed E-state index contributed by atoms with van der Waals surface area (Å²) in [6.07, 6.45) is 7.91. The first-order valence-electron chi connectivity index (χ1n) is 21.5. The Hall–Kier alpha value is -0.850. The van der Waals surface area contributed by atoms with Crippen LogP contribution in [0.3, 0.4) is 0 Å². The van der Waals surface area contributed by atoms with E-state index < -0.39 is 23.9 Å². The summed E-state index contributed by atoms with van der Waals surface area (Å²) in [5.41, 5.74) is -1.04. The Kier molecular flexibility index (Phi) is 9.13. The zero-order valence-corrected chi connectivity index (χ0v) is 33.6. The number of hydrogen-bond donors (Lipinski definition) is 2. The fourth-order valence-electron chi connectivity index (χ4n) is 15.2. The molecule has 0 aromatic heterocycles. The largest absolute Gasteiger partial charge is 0.456 e. The zero-order valence-electron chi connectivity index (χ0n) is 33.6. The van der Waals surface area contributed by atoms with E-state index in [-0.39, 0.29) is 63.9 Å². The van der Waals surface area contributed by atoms with Crippen molar-refractivity contribution in [3.63, 3.8) is 0 Å². The zero-order chi connectivity index (χ0) is 37.3. The van der Waals surface area contributed by atoms with E-state index in [1.165, 1.54) is 25.7 Å². The van der Waals surface area contributed by atoms with Gasteiger partial charge in [-0.05, 0) is 123 Å². The quantitative estimate of drug-likeness (QED) is 0.331. The van der Waals surface area contributed by atoms with E-state index in [0.717, 1.165) is 52.2 Å². The summed E-state index contributed by atoms with van der Waals surface area (Å²) in [6, 6.07) is 0.504. The minimum Gasteiger partial charge on any atom is -0.456 e. The van der Waals surface area contributed by atoms with Crippen LogP contribution in [0.5, 0.6) is 0 Å². The summed E-state index contributed by atoms with van der Waals surface area (Å²) in [4.78, 5) is 15.9. The first-order chi connectivity index (χ1) is 25.1. The number of hydrogen-bond acceptors (Lipinski definition) is 10. The van der Waals surface area contributed by atoms with Gasteiger partial charge in [-0.15, -0.1) is 0 Å². The number of ether oxygens (including phenoxy) is 6. The standard InChI is InChI=1S/C43H69NO9/c1-25-20-28(36(39(4,5)47)53-37(46)26-11-17-48-18-12-26)51-34-33(25)40(6)14-15-43-24-42(43)13-10-31(52-32-21-44(16-19-50-32)27-22-49-23-27)38(2,3)29(42)8-9-30(43)41(40,7)35(34)45/h25-36,45,47H,8-24H2,1-7H3/t25-,28?,29+,30?,31+,32+,33+,34?,35+,36+,40-,41-,42-,43+/m1/s1. The third kappa shape index (κ3) is 5.41. The molecule has 9 rings (SSSR count). The Morgan fingerprint density at radius 1 is 0.925 bits per heavy atom. The molecule has 5 saturated carbocycles. The highest BCUT2D eigenvalue weighted by Crippen LogP contribution is 2.89. The van der Waals surface area contributed by atoms with Gasteiger partial charge in [-0.2, -0.15) is 0 Å². The monoisotopic (exact) mass is 743 g/mol. The van der Waals surface area contributed by atoms with Gasteiger partial charge in [0.25, 0.3) is 0 Å². The maximum atomic E-state index is 13.4. The lowest BCUT2D eigenvalue weighted by molar-refractivity contribution is -0.256. The molecule has 4 saturated heterocycles. The summed E-state index contributed by atoms with van der Waals surface area (Å²) >= 11 is 0. The molecule has 9 aliphatic rings. The van der Waals surface area contributed by atoms with Crippen LogP contribution in [0, 0.1) is 56.7 Å². The van der Waals surface area contributed by atoms with E-state index in [2.05, 4.69) is 39.5 Å². The number of aliphatic hydroxyl groups is 2. The highest BCUT2D eigenvalue weighted by Gasteiger charge is 2.84. The van der Waals surface area contributed by atoms with Crippen LogP contribution in [0.4, 0.5) is 0 Å². The Morgan fingerprint density at radius 2 is 1.64 bits per heavy atom. The number of nitrogens with zero attached hydrogens (tertiary/aromatic N) is 1. The molecule has 0 aromatic carbocycles. The fraction of sp³-hybridized carbons (Fsp3) is 0.977. The second-order valence-corrected chi connectivity index (χ2v) is 21.1. The average Bonchev–Trinajstić information content (AvgIpc) is 3.72. The molecule has 5 aliphatic carbocycles. The van der Waals surface area contributed by atoms with E-state index in [9.17, 15) is 15.0 Å². The fourth-order valence-corrected chi connectivity index (χ4v) is 15.2. The molecule has 3 unspecified atom stereocenters. The third-order valence-corrected chi connectivity index (χ3v) is 18.1. The van der Waals surface area contributed by atoms with Crippen LogP contribution in [0.1, 0.15) is 113 Å². The molecule has 14 atom stereocenters. The second kappa shape index (κ2) is 12.8. The molecular weight excluding hydrogens is 674 g/mol. The summed E-state index contributed by atoms with van der Waals surface area (Å²) in [6.45, 7) is 20.9. The van der Waals surface area contributed by atoms with Crippen LogP contribution in [-0.2, 0) is 33.2 Å². The van der Waals surface area contributed by atoms with Gasteiger partial charge in [0.1, 0.15) is 0 Å². The lowest BCUT2D eigenvalue weighted by atomic mass is 9.41. The molecule has 4 aliphatic heterocycles. The van der Waals surface area contributed by atoms with Crippen LogP contribution in [0.15, 0.2) is 0 Å². The summed E-state index contributed by atoms with van der Waals surface area (Å²) < 4.78 is 37.3. The smallest absolute Gasteiger partial charge is 0.309 e. The number of esters is 1. The number of morpholine rings is 1. The number of aliphatic hydroxyl groups excluding tert-OH is 1. The molecule has 0 radical (unpaired) electrons. The van der Waals surface area contributed by atoms with Crippen molar-refractivity contribution in [2.24, 2.45) is 56.7 Å². The first kappa shape index (κ1) is 37.7. The number of rotatable bonds is 7. The topological polar surface area (TPSA) is 116 Å². The summed E-state index contributed by atoms with van der Waals surface area (Å²) in [5, 5.41) is 24.2. The first-order valence-corrected chi connectivity index (χ1v) is 21.5. The van der Waals surface area contributed by atoms with Gasteiger partial charge < -0.3 is 38.6 Å². The molecule has 0 bridgehead atoms. The summed E-state index contributed by atoms with van der Waals surface area (Å²) in [5.74, 6) is 1.00. The normalized spacial score (nSPS) is 50.4. The van der Waals surface area contributed by atoms with Crippen molar-refractivity contribution < 1.29 is 43.4 Å². The highest BCUT2D eigenvalue weighted by molar-refractivity contribution is 5.72. The van der Waals surface area contributed by atoms with Gasteiger partial charge in [0.05, 0.1) is 68.3 Å². The van der Waals surface area contributed by atoms with Crippen LogP contribution >= 0.6 is 0 Å². The molecule has 53 heavy (non-hydrogen) atoms. The number of carbonyl (C=O) groups excluding carboxylic acids is 1. The molecule has 300 valence electrons. The van der Waals surface area contributed by atoms with Crippen molar-refractivity contribution in [2.45, 2.75) is 161 Å².